The van der Waals surface area contributed by atoms with Crippen LogP contribution in [-0.2, 0) is 11.3 Å². The van der Waals surface area contributed by atoms with E-state index < -0.39 is 0 Å². The van der Waals surface area contributed by atoms with Gasteiger partial charge in [0.25, 0.3) is 0 Å². The Morgan fingerprint density at radius 1 is 1.32 bits per heavy atom. The topological polar surface area (TPSA) is 24.5 Å². The molecule has 2 rings (SSSR count). The Morgan fingerprint density at radius 2 is 2.21 bits per heavy atom. The number of hydrogen-bond acceptors (Lipinski definition) is 3. The van der Waals surface area contributed by atoms with Crippen molar-refractivity contribution in [3.8, 4) is 0 Å². The summed E-state index contributed by atoms with van der Waals surface area (Å²) in [5.74, 6) is 0. The van der Waals surface area contributed by atoms with Crippen LogP contribution in [0.1, 0.15) is 25.3 Å². The van der Waals surface area contributed by atoms with Gasteiger partial charge in [-0.1, -0.05) is 13.0 Å². The molecule has 3 nitrogen and oxygen atoms in total. The number of ether oxygens (including phenoxy) is 1. The van der Waals surface area contributed by atoms with Crippen LogP contribution >= 0.6 is 15.9 Å². The third kappa shape index (κ3) is 4.48. The number of halogens is 1. The third-order valence-corrected chi connectivity index (χ3v) is 3.97. The number of nitrogens with one attached hydrogen (secondary N) is 1. The van der Waals surface area contributed by atoms with Crippen LogP contribution in [-0.4, -0.2) is 32.8 Å². The van der Waals surface area contributed by atoms with Crippen LogP contribution in [0.4, 0.5) is 5.69 Å². The van der Waals surface area contributed by atoms with Crippen LogP contribution in [0.2, 0.25) is 0 Å². The summed E-state index contributed by atoms with van der Waals surface area (Å²) in [5.41, 5.74) is 2.61. The summed E-state index contributed by atoms with van der Waals surface area (Å²) in [5, 5.41) is 3.43. The van der Waals surface area contributed by atoms with Crippen LogP contribution in [0.5, 0.6) is 0 Å². The zero-order chi connectivity index (χ0) is 13.5. The minimum Gasteiger partial charge on any atom is -0.380 e. The molecule has 4 heteroatoms. The molecule has 106 valence electrons. The van der Waals surface area contributed by atoms with Crippen LogP contribution in [0.3, 0.4) is 0 Å². The lowest BCUT2D eigenvalue weighted by Gasteiger charge is -2.23. The van der Waals surface area contributed by atoms with E-state index in [1.165, 1.54) is 22.1 Å². The number of benzene rings is 1. The zero-order valence-corrected chi connectivity index (χ0v) is 13.2. The van der Waals surface area contributed by atoms with E-state index in [1.54, 1.807) is 0 Å². The third-order valence-electron chi connectivity index (χ3n) is 3.33. The first-order chi connectivity index (χ1) is 9.31. The molecule has 1 aromatic carbocycles. The smallest absolute Gasteiger partial charge is 0.0641 e. The maximum Gasteiger partial charge on any atom is 0.0641 e. The molecule has 0 unspecified atom stereocenters. The Kier molecular flexibility index (Phi) is 6.14. The van der Waals surface area contributed by atoms with Gasteiger partial charge in [0.1, 0.15) is 0 Å². The molecular formula is C15H23BrN2O. The highest BCUT2D eigenvalue weighted by Gasteiger charge is 2.12. The highest BCUT2D eigenvalue weighted by atomic mass is 79.9. The highest BCUT2D eigenvalue weighted by molar-refractivity contribution is 9.10. The van der Waals surface area contributed by atoms with E-state index in [2.05, 4.69) is 51.3 Å². The van der Waals surface area contributed by atoms with Crippen molar-refractivity contribution in [2.24, 2.45) is 0 Å². The van der Waals surface area contributed by atoms with Gasteiger partial charge < -0.3 is 15.0 Å². The molecule has 1 saturated heterocycles. The van der Waals surface area contributed by atoms with Crippen molar-refractivity contribution in [1.82, 2.24) is 5.32 Å². The fourth-order valence-corrected chi connectivity index (χ4v) is 2.99. The zero-order valence-electron chi connectivity index (χ0n) is 11.6. The number of rotatable bonds is 5. The summed E-state index contributed by atoms with van der Waals surface area (Å²) in [6.45, 7) is 7.96. The van der Waals surface area contributed by atoms with E-state index in [-0.39, 0.29) is 0 Å². The van der Waals surface area contributed by atoms with E-state index >= 15 is 0 Å². The number of hydrogen-bond donors (Lipinski definition) is 1. The van der Waals surface area contributed by atoms with Gasteiger partial charge >= 0.3 is 0 Å². The average Bonchev–Trinajstić information content (AvgIpc) is 2.68. The second kappa shape index (κ2) is 7.88. The summed E-state index contributed by atoms with van der Waals surface area (Å²) < 4.78 is 6.69. The van der Waals surface area contributed by atoms with Gasteiger partial charge in [-0.15, -0.1) is 0 Å². The van der Waals surface area contributed by atoms with E-state index in [0.29, 0.717) is 0 Å². The van der Waals surface area contributed by atoms with Gasteiger partial charge in [-0.3, -0.25) is 0 Å². The van der Waals surface area contributed by atoms with Crippen molar-refractivity contribution < 1.29 is 4.74 Å². The maximum atomic E-state index is 5.51. The first kappa shape index (κ1) is 14.8. The van der Waals surface area contributed by atoms with E-state index in [9.17, 15) is 0 Å². The lowest BCUT2D eigenvalue weighted by Crippen LogP contribution is -2.26. The Balaban J connectivity index is 2.01. The molecule has 0 spiro atoms. The summed E-state index contributed by atoms with van der Waals surface area (Å²) in [6.07, 6.45) is 2.28. The molecule has 0 bridgehead atoms. The van der Waals surface area contributed by atoms with Crippen LogP contribution < -0.4 is 10.2 Å². The van der Waals surface area contributed by atoms with Crippen molar-refractivity contribution in [3.05, 3.63) is 28.2 Å². The molecule has 0 amide bonds. The molecule has 1 aliphatic heterocycles. The number of anilines is 1. The van der Waals surface area contributed by atoms with Crippen molar-refractivity contribution in [1.29, 1.82) is 0 Å². The van der Waals surface area contributed by atoms with Gasteiger partial charge in [-0.2, -0.15) is 0 Å². The first-order valence-corrected chi connectivity index (χ1v) is 7.92. The van der Waals surface area contributed by atoms with Crippen molar-refractivity contribution >= 4 is 21.6 Å². The molecule has 1 fully saturated rings. The predicted octanol–water partition coefficient (Wildman–Crippen LogP) is 3.18. The van der Waals surface area contributed by atoms with E-state index in [4.69, 9.17) is 4.74 Å². The molecule has 0 aromatic heterocycles. The van der Waals surface area contributed by atoms with E-state index in [0.717, 1.165) is 45.8 Å². The standard InChI is InChI=1S/C15H23BrN2O/c1-2-6-17-12-13-4-5-15(14(16)11-13)18-7-3-9-19-10-8-18/h4-5,11,17H,2-3,6-10,12H2,1H3. The van der Waals surface area contributed by atoms with Gasteiger partial charge in [-0.05, 0) is 53.0 Å². The highest BCUT2D eigenvalue weighted by Crippen LogP contribution is 2.28. The Hall–Kier alpha value is -0.580. The van der Waals surface area contributed by atoms with Crippen LogP contribution in [0.25, 0.3) is 0 Å². The minimum atomic E-state index is 0.826. The fourth-order valence-electron chi connectivity index (χ4n) is 2.31. The lowest BCUT2D eigenvalue weighted by atomic mass is 10.2. The normalized spacial score (nSPS) is 16.4. The quantitative estimate of drug-likeness (QED) is 0.841. The molecule has 0 radical (unpaired) electrons. The summed E-state index contributed by atoms with van der Waals surface area (Å²) in [7, 11) is 0. The van der Waals surface area contributed by atoms with Crippen LogP contribution in [0.15, 0.2) is 22.7 Å². The summed E-state index contributed by atoms with van der Waals surface area (Å²) in [6, 6.07) is 6.66. The number of nitrogens with zero attached hydrogens (tertiary/aromatic N) is 1. The average molecular weight is 327 g/mol. The second-order valence-corrected chi connectivity index (χ2v) is 5.77. The van der Waals surface area contributed by atoms with E-state index in [1.807, 2.05) is 0 Å². The van der Waals surface area contributed by atoms with Crippen molar-refractivity contribution in [2.45, 2.75) is 26.3 Å². The van der Waals surface area contributed by atoms with Gasteiger partial charge in [0.05, 0.1) is 12.3 Å². The van der Waals surface area contributed by atoms with Gasteiger partial charge in [0.2, 0.25) is 0 Å². The summed E-state index contributed by atoms with van der Waals surface area (Å²) in [4.78, 5) is 2.40. The first-order valence-electron chi connectivity index (χ1n) is 7.13. The molecular weight excluding hydrogens is 304 g/mol. The molecule has 1 N–H and O–H groups in total. The molecule has 0 atom stereocenters. The van der Waals surface area contributed by atoms with Gasteiger partial charge in [0.15, 0.2) is 0 Å². The minimum absolute atomic E-state index is 0.826. The second-order valence-electron chi connectivity index (χ2n) is 4.92. The lowest BCUT2D eigenvalue weighted by molar-refractivity contribution is 0.152. The predicted molar refractivity (Wildman–Crippen MR) is 83.8 cm³/mol. The maximum absolute atomic E-state index is 5.51. The Morgan fingerprint density at radius 3 is 3.00 bits per heavy atom. The Labute approximate surface area is 124 Å². The monoisotopic (exact) mass is 326 g/mol. The Bertz CT molecular complexity index is 390. The molecule has 0 aliphatic carbocycles. The van der Waals surface area contributed by atoms with Gasteiger partial charge in [-0.25, -0.2) is 0 Å². The van der Waals surface area contributed by atoms with Gasteiger partial charge in [0, 0.05) is 30.7 Å². The summed E-state index contributed by atoms with van der Waals surface area (Å²) >= 11 is 3.71. The molecule has 1 aromatic rings. The molecule has 1 heterocycles. The molecule has 19 heavy (non-hydrogen) atoms. The largest absolute Gasteiger partial charge is 0.380 e. The SMILES string of the molecule is CCCNCc1ccc(N2CCCOCC2)c(Br)c1. The molecule has 1 aliphatic rings. The fraction of sp³-hybridized carbons (Fsp3) is 0.600. The molecule has 0 saturated carbocycles. The van der Waals surface area contributed by atoms with Crippen molar-refractivity contribution in [3.63, 3.8) is 0 Å². The van der Waals surface area contributed by atoms with Crippen molar-refractivity contribution in [2.75, 3.05) is 37.7 Å². The van der Waals surface area contributed by atoms with Crippen LogP contribution in [0, 0.1) is 0 Å².